The van der Waals surface area contributed by atoms with E-state index in [1.54, 1.807) is 4.90 Å². The van der Waals surface area contributed by atoms with Gasteiger partial charge in [0.1, 0.15) is 0 Å². The first-order valence-corrected chi connectivity index (χ1v) is 8.93. The van der Waals surface area contributed by atoms with E-state index in [1.807, 2.05) is 29.2 Å². The molecule has 0 bridgehead atoms. The molecule has 0 radical (unpaired) electrons. The SMILES string of the molecule is CCc1ccc(N2CC(C(=O)N3CC(CN)CC3C)CC2=O)cc1.Cl. The molecule has 2 amide bonds. The minimum Gasteiger partial charge on any atom is -0.339 e. The maximum absolute atomic E-state index is 12.8. The van der Waals surface area contributed by atoms with Crippen molar-refractivity contribution in [3.05, 3.63) is 29.8 Å². The maximum Gasteiger partial charge on any atom is 0.228 e. The first kappa shape index (κ1) is 19.7. The van der Waals surface area contributed by atoms with E-state index in [4.69, 9.17) is 5.73 Å². The van der Waals surface area contributed by atoms with Crippen LogP contribution in [0.2, 0.25) is 0 Å². The van der Waals surface area contributed by atoms with Gasteiger partial charge in [0, 0.05) is 31.2 Å². The van der Waals surface area contributed by atoms with Crippen LogP contribution in [-0.4, -0.2) is 42.4 Å². The number of anilines is 1. The van der Waals surface area contributed by atoms with Gasteiger partial charge < -0.3 is 15.5 Å². The van der Waals surface area contributed by atoms with Crippen LogP contribution in [0.4, 0.5) is 5.69 Å². The summed E-state index contributed by atoms with van der Waals surface area (Å²) in [4.78, 5) is 28.9. The highest BCUT2D eigenvalue weighted by molar-refractivity contribution is 6.00. The van der Waals surface area contributed by atoms with Crippen molar-refractivity contribution in [2.24, 2.45) is 17.6 Å². The van der Waals surface area contributed by atoms with Crippen molar-refractivity contribution in [3.63, 3.8) is 0 Å². The fourth-order valence-electron chi connectivity index (χ4n) is 3.89. The summed E-state index contributed by atoms with van der Waals surface area (Å²) in [5, 5.41) is 0. The van der Waals surface area contributed by atoms with Crippen molar-refractivity contribution in [1.29, 1.82) is 0 Å². The summed E-state index contributed by atoms with van der Waals surface area (Å²) in [7, 11) is 0. The van der Waals surface area contributed by atoms with Gasteiger partial charge in [0.15, 0.2) is 0 Å². The second-order valence-corrected chi connectivity index (χ2v) is 7.10. The van der Waals surface area contributed by atoms with E-state index in [-0.39, 0.29) is 36.2 Å². The van der Waals surface area contributed by atoms with Crippen molar-refractivity contribution >= 4 is 29.9 Å². The first-order chi connectivity index (χ1) is 11.5. The summed E-state index contributed by atoms with van der Waals surface area (Å²) < 4.78 is 0. The molecule has 5 nitrogen and oxygen atoms in total. The number of carbonyl (C=O) groups excluding carboxylic acids is 2. The molecule has 2 N–H and O–H groups in total. The van der Waals surface area contributed by atoms with Gasteiger partial charge in [0.05, 0.1) is 5.92 Å². The maximum atomic E-state index is 12.8. The van der Waals surface area contributed by atoms with Crippen molar-refractivity contribution in [2.75, 3.05) is 24.5 Å². The zero-order valence-corrected chi connectivity index (χ0v) is 15.8. The van der Waals surface area contributed by atoms with Crippen LogP contribution in [0.15, 0.2) is 24.3 Å². The molecular formula is C19H28ClN3O2. The summed E-state index contributed by atoms with van der Waals surface area (Å²) >= 11 is 0. The summed E-state index contributed by atoms with van der Waals surface area (Å²) in [6.45, 7) is 6.02. The number of halogens is 1. The summed E-state index contributed by atoms with van der Waals surface area (Å²) in [5.74, 6) is 0.306. The number of hydrogen-bond donors (Lipinski definition) is 1. The molecule has 1 aromatic carbocycles. The lowest BCUT2D eigenvalue weighted by atomic mass is 10.1. The van der Waals surface area contributed by atoms with Gasteiger partial charge in [-0.05, 0) is 49.9 Å². The minimum atomic E-state index is -0.234. The Bertz CT molecular complexity index is 620. The zero-order chi connectivity index (χ0) is 17.3. The van der Waals surface area contributed by atoms with Crippen LogP contribution in [0.1, 0.15) is 32.3 Å². The summed E-state index contributed by atoms with van der Waals surface area (Å²) in [5.41, 5.74) is 7.89. The zero-order valence-electron chi connectivity index (χ0n) is 15.0. The van der Waals surface area contributed by atoms with Crippen molar-refractivity contribution in [2.45, 2.75) is 39.2 Å². The summed E-state index contributed by atoms with van der Waals surface area (Å²) in [6, 6.07) is 8.27. The number of nitrogens with zero attached hydrogens (tertiary/aromatic N) is 2. The Hall–Kier alpha value is -1.59. The van der Waals surface area contributed by atoms with Crippen LogP contribution in [0, 0.1) is 11.8 Å². The highest BCUT2D eigenvalue weighted by atomic mass is 35.5. The largest absolute Gasteiger partial charge is 0.339 e. The molecule has 0 spiro atoms. The number of aryl methyl sites for hydroxylation is 1. The molecule has 2 heterocycles. The normalized spacial score (nSPS) is 26.0. The second-order valence-electron chi connectivity index (χ2n) is 7.10. The standard InChI is InChI=1S/C19H27N3O2.ClH/c1-3-14-4-6-17(7-5-14)22-12-16(9-18(22)23)19(24)21-11-15(10-20)8-13(21)2;/h4-7,13,15-16H,3,8-12,20H2,1-2H3;1H. The molecular weight excluding hydrogens is 338 g/mol. The number of nitrogens with two attached hydrogens (primary N) is 1. The molecule has 3 atom stereocenters. The van der Waals surface area contributed by atoms with Gasteiger partial charge in [-0.15, -0.1) is 12.4 Å². The van der Waals surface area contributed by atoms with E-state index in [2.05, 4.69) is 13.8 Å². The lowest BCUT2D eigenvalue weighted by Gasteiger charge is -2.25. The molecule has 1 aromatic rings. The quantitative estimate of drug-likeness (QED) is 0.889. The molecule has 2 saturated heterocycles. The number of carbonyl (C=O) groups is 2. The van der Waals surface area contributed by atoms with E-state index < -0.39 is 0 Å². The van der Waals surface area contributed by atoms with Gasteiger partial charge in [-0.25, -0.2) is 0 Å². The molecule has 138 valence electrons. The van der Waals surface area contributed by atoms with Crippen LogP contribution >= 0.6 is 12.4 Å². The van der Waals surface area contributed by atoms with E-state index in [9.17, 15) is 9.59 Å². The molecule has 2 aliphatic heterocycles. The highest BCUT2D eigenvalue weighted by Gasteiger charge is 2.40. The number of amides is 2. The van der Waals surface area contributed by atoms with Crippen molar-refractivity contribution in [1.82, 2.24) is 4.90 Å². The molecule has 0 saturated carbocycles. The van der Waals surface area contributed by atoms with Crippen molar-refractivity contribution < 1.29 is 9.59 Å². The molecule has 0 aromatic heterocycles. The lowest BCUT2D eigenvalue weighted by Crippen LogP contribution is -2.39. The average Bonchev–Trinajstić information content (AvgIpc) is 3.17. The van der Waals surface area contributed by atoms with Gasteiger partial charge in [0.2, 0.25) is 11.8 Å². The second kappa shape index (κ2) is 8.19. The molecule has 25 heavy (non-hydrogen) atoms. The van der Waals surface area contributed by atoms with Gasteiger partial charge in [-0.1, -0.05) is 19.1 Å². The van der Waals surface area contributed by atoms with E-state index in [0.29, 0.717) is 25.4 Å². The summed E-state index contributed by atoms with van der Waals surface area (Å²) in [6.07, 6.45) is 2.25. The topological polar surface area (TPSA) is 66.6 Å². The Morgan fingerprint density at radius 3 is 2.48 bits per heavy atom. The van der Waals surface area contributed by atoms with E-state index in [0.717, 1.165) is 25.1 Å². The Morgan fingerprint density at radius 2 is 1.92 bits per heavy atom. The Labute approximate surface area is 155 Å². The molecule has 0 aliphatic carbocycles. The third-order valence-corrected chi connectivity index (χ3v) is 5.41. The number of rotatable bonds is 4. The minimum absolute atomic E-state index is 0. The smallest absolute Gasteiger partial charge is 0.228 e. The van der Waals surface area contributed by atoms with Crippen molar-refractivity contribution in [3.8, 4) is 0 Å². The van der Waals surface area contributed by atoms with Crippen LogP contribution < -0.4 is 10.6 Å². The number of benzene rings is 1. The van der Waals surface area contributed by atoms with Crippen LogP contribution in [0.3, 0.4) is 0 Å². The predicted molar refractivity (Wildman–Crippen MR) is 102 cm³/mol. The first-order valence-electron chi connectivity index (χ1n) is 8.93. The Balaban J connectivity index is 0.00000225. The number of likely N-dealkylation sites (tertiary alicyclic amines) is 1. The van der Waals surface area contributed by atoms with Gasteiger partial charge in [0.25, 0.3) is 0 Å². The fourth-order valence-corrected chi connectivity index (χ4v) is 3.89. The van der Waals surface area contributed by atoms with Gasteiger partial charge in [-0.2, -0.15) is 0 Å². The molecule has 6 heteroatoms. The van der Waals surface area contributed by atoms with Gasteiger partial charge in [-0.3, -0.25) is 9.59 Å². The third kappa shape index (κ3) is 3.98. The van der Waals surface area contributed by atoms with E-state index in [1.165, 1.54) is 5.56 Å². The molecule has 3 rings (SSSR count). The lowest BCUT2D eigenvalue weighted by molar-refractivity contribution is -0.136. The van der Waals surface area contributed by atoms with Crippen LogP contribution in [-0.2, 0) is 16.0 Å². The molecule has 3 unspecified atom stereocenters. The fraction of sp³-hybridized carbons (Fsp3) is 0.579. The third-order valence-electron chi connectivity index (χ3n) is 5.41. The average molecular weight is 366 g/mol. The van der Waals surface area contributed by atoms with Crippen LogP contribution in [0.5, 0.6) is 0 Å². The molecule has 2 fully saturated rings. The van der Waals surface area contributed by atoms with E-state index >= 15 is 0 Å². The molecule has 2 aliphatic rings. The highest BCUT2D eigenvalue weighted by Crippen LogP contribution is 2.30. The van der Waals surface area contributed by atoms with Gasteiger partial charge >= 0.3 is 0 Å². The van der Waals surface area contributed by atoms with Crippen LogP contribution in [0.25, 0.3) is 0 Å². The monoisotopic (exact) mass is 365 g/mol. The number of hydrogen-bond acceptors (Lipinski definition) is 3. The Morgan fingerprint density at radius 1 is 1.24 bits per heavy atom. The Kier molecular flexibility index (Phi) is 6.47. The predicted octanol–water partition coefficient (Wildman–Crippen LogP) is 2.22.